The second kappa shape index (κ2) is 8.95. The molecule has 1 N–H and O–H groups in total. The van der Waals surface area contributed by atoms with E-state index in [-0.39, 0.29) is 30.0 Å². The lowest BCUT2D eigenvalue weighted by atomic mass is 10.0. The molecule has 2 aliphatic heterocycles. The Balaban J connectivity index is 1.54. The molecule has 1 aromatic carbocycles. The Morgan fingerprint density at radius 2 is 1.88 bits per heavy atom. The van der Waals surface area contributed by atoms with Gasteiger partial charge >= 0.3 is 0 Å². The number of carbonyl (C=O) groups is 2. The van der Waals surface area contributed by atoms with E-state index in [2.05, 4.69) is 26.1 Å². The van der Waals surface area contributed by atoms with Crippen LogP contribution in [0.5, 0.6) is 0 Å². The second-order valence-electron chi connectivity index (χ2n) is 7.00. The minimum atomic E-state index is -0.465. The molecule has 0 aliphatic carbocycles. The summed E-state index contributed by atoms with van der Waals surface area (Å²) in [7, 11) is 0. The molecule has 0 radical (unpaired) electrons. The molecule has 0 aromatic heterocycles. The van der Waals surface area contributed by atoms with E-state index in [0.29, 0.717) is 11.0 Å². The second-order valence-corrected chi connectivity index (χ2v) is 7.92. The minimum Gasteiger partial charge on any atom is -0.341 e. The van der Waals surface area contributed by atoms with Crippen molar-refractivity contribution in [3.05, 3.63) is 28.5 Å². The van der Waals surface area contributed by atoms with Gasteiger partial charge in [0.05, 0.1) is 11.7 Å². The van der Waals surface area contributed by atoms with Crippen LogP contribution < -0.4 is 5.32 Å². The fourth-order valence-electron chi connectivity index (χ4n) is 3.74. The highest BCUT2D eigenvalue weighted by Gasteiger charge is 2.32. The summed E-state index contributed by atoms with van der Waals surface area (Å²) in [6.07, 6.45) is 5.38. The van der Waals surface area contributed by atoms with Gasteiger partial charge < -0.3 is 10.2 Å². The van der Waals surface area contributed by atoms with Crippen molar-refractivity contribution in [1.82, 2.24) is 9.80 Å². The van der Waals surface area contributed by atoms with E-state index >= 15 is 0 Å². The van der Waals surface area contributed by atoms with Crippen LogP contribution in [0.15, 0.2) is 22.7 Å². The van der Waals surface area contributed by atoms with Crippen molar-refractivity contribution >= 4 is 33.4 Å². The lowest BCUT2D eigenvalue weighted by Gasteiger charge is -2.36. The number of piperidine rings is 1. The van der Waals surface area contributed by atoms with Crippen molar-refractivity contribution in [2.45, 2.75) is 44.6 Å². The van der Waals surface area contributed by atoms with Crippen LogP contribution in [-0.2, 0) is 9.59 Å². The van der Waals surface area contributed by atoms with Crippen molar-refractivity contribution in [3.8, 4) is 0 Å². The topological polar surface area (TPSA) is 52.7 Å². The van der Waals surface area contributed by atoms with E-state index < -0.39 is 5.82 Å². The number of benzene rings is 1. The Hall–Kier alpha value is -1.47. The smallest absolute Gasteiger partial charge is 0.239 e. The molecule has 3 rings (SSSR count). The van der Waals surface area contributed by atoms with Crippen LogP contribution in [0.1, 0.15) is 38.5 Å². The maximum atomic E-state index is 13.8. The maximum absolute atomic E-state index is 13.8. The van der Waals surface area contributed by atoms with Crippen molar-refractivity contribution in [2.24, 2.45) is 0 Å². The molecule has 2 amide bonds. The number of amides is 2. The minimum absolute atomic E-state index is 0.112. The molecule has 26 heavy (non-hydrogen) atoms. The SMILES string of the molecule is O=C(CCN1CCCCC1C(=O)N1CCCC1)Nc1ccc(Br)cc1F. The molecule has 7 heteroatoms. The normalized spacial score (nSPS) is 21.0. The molecule has 2 fully saturated rings. The molecule has 1 aromatic rings. The van der Waals surface area contributed by atoms with Crippen molar-refractivity contribution in [2.75, 3.05) is 31.5 Å². The highest BCUT2D eigenvalue weighted by molar-refractivity contribution is 9.10. The van der Waals surface area contributed by atoms with E-state index in [0.717, 1.165) is 51.7 Å². The van der Waals surface area contributed by atoms with E-state index in [9.17, 15) is 14.0 Å². The fraction of sp³-hybridized carbons (Fsp3) is 0.579. The van der Waals surface area contributed by atoms with E-state index in [4.69, 9.17) is 0 Å². The van der Waals surface area contributed by atoms with Crippen LogP contribution in [0.3, 0.4) is 0 Å². The number of nitrogens with zero attached hydrogens (tertiary/aromatic N) is 2. The van der Waals surface area contributed by atoms with Gasteiger partial charge in [-0.25, -0.2) is 4.39 Å². The summed E-state index contributed by atoms with van der Waals surface area (Å²) in [6.45, 7) is 3.07. The fourth-order valence-corrected chi connectivity index (χ4v) is 4.07. The summed E-state index contributed by atoms with van der Waals surface area (Å²) >= 11 is 3.20. The number of carbonyl (C=O) groups excluding carboxylic acids is 2. The van der Waals surface area contributed by atoms with Gasteiger partial charge in [0.15, 0.2) is 0 Å². The zero-order chi connectivity index (χ0) is 18.5. The lowest BCUT2D eigenvalue weighted by molar-refractivity contribution is -0.137. The maximum Gasteiger partial charge on any atom is 0.239 e. The van der Waals surface area contributed by atoms with Crippen LogP contribution in [0, 0.1) is 5.82 Å². The van der Waals surface area contributed by atoms with Crippen molar-refractivity contribution < 1.29 is 14.0 Å². The van der Waals surface area contributed by atoms with Crippen LogP contribution in [-0.4, -0.2) is 53.8 Å². The summed E-state index contributed by atoms with van der Waals surface area (Å²) in [5.74, 6) is -0.487. The number of hydrogen-bond acceptors (Lipinski definition) is 3. The average Bonchev–Trinajstić information content (AvgIpc) is 3.17. The number of anilines is 1. The van der Waals surface area contributed by atoms with Gasteiger partial charge in [-0.05, 0) is 50.4 Å². The van der Waals surface area contributed by atoms with Gasteiger partial charge in [0, 0.05) is 30.5 Å². The highest BCUT2D eigenvalue weighted by Crippen LogP contribution is 2.22. The zero-order valence-electron chi connectivity index (χ0n) is 14.8. The van der Waals surface area contributed by atoms with Gasteiger partial charge in [0.2, 0.25) is 11.8 Å². The molecule has 0 bridgehead atoms. The summed E-state index contributed by atoms with van der Waals surface area (Å²) in [6, 6.07) is 4.44. The number of hydrogen-bond donors (Lipinski definition) is 1. The molecule has 2 saturated heterocycles. The lowest BCUT2D eigenvalue weighted by Crippen LogP contribution is -2.50. The van der Waals surface area contributed by atoms with E-state index in [1.165, 1.54) is 12.1 Å². The van der Waals surface area contributed by atoms with Crippen LogP contribution in [0.4, 0.5) is 10.1 Å². The molecule has 0 spiro atoms. The van der Waals surface area contributed by atoms with Crippen LogP contribution in [0.25, 0.3) is 0 Å². The Morgan fingerprint density at radius 3 is 2.62 bits per heavy atom. The summed E-state index contributed by atoms with van der Waals surface area (Å²) < 4.78 is 14.5. The predicted molar refractivity (Wildman–Crippen MR) is 102 cm³/mol. The third-order valence-electron chi connectivity index (χ3n) is 5.15. The summed E-state index contributed by atoms with van der Waals surface area (Å²) in [5.41, 5.74) is 0.182. The molecular formula is C19H25BrFN3O2. The van der Waals surface area contributed by atoms with Gasteiger partial charge in [0.1, 0.15) is 5.82 Å². The zero-order valence-corrected chi connectivity index (χ0v) is 16.4. The Labute approximate surface area is 162 Å². The quantitative estimate of drug-likeness (QED) is 0.786. The van der Waals surface area contributed by atoms with Gasteiger partial charge in [-0.3, -0.25) is 14.5 Å². The number of nitrogens with one attached hydrogen (secondary N) is 1. The average molecular weight is 426 g/mol. The molecular weight excluding hydrogens is 401 g/mol. The summed E-state index contributed by atoms with van der Waals surface area (Å²) in [5, 5.41) is 2.62. The van der Waals surface area contributed by atoms with Gasteiger partial charge in [-0.2, -0.15) is 0 Å². The molecule has 142 valence electrons. The number of halogens is 2. The molecule has 1 atom stereocenters. The van der Waals surface area contributed by atoms with Gasteiger partial charge in [-0.1, -0.05) is 22.4 Å². The molecule has 2 heterocycles. The Morgan fingerprint density at radius 1 is 1.15 bits per heavy atom. The first-order valence-electron chi connectivity index (χ1n) is 9.32. The summed E-state index contributed by atoms with van der Waals surface area (Å²) in [4.78, 5) is 29.1. The first kappa shape index (κ1) is 19.3. The number of rotatable bonds is 5. The Bertz CT molecular complexity index is 664. The van der Waals surface area contributed by atoms with Gasteiger partial charge in [-0.15, -0.1) is 0 Å². The van der Waals surface area contributed by atoms with Crippen LogP contribution in [0.2, 0.25) is 0 Å². The monoisotopic (exact) mass is 425 g/mol. The first-order chi connectivity index (χ1) is 12.5. The molecule has 1 unspecified atom stereocenters. The largest absolute Gasteiger partial charge is 0.341 e. The first-order valence-corrected chi connectivity index (χ1v) is 10.1. The molecule has 2 aliphatic rings. The van der Waals surface area contributed by atoms with Crippen molar-refractivity contribution in [3.63, 3.8) is 0 Å². The number of likely N-dealkylation sites (tertiary alicyclic amines) is 2. The van der Waals surface area contributed by atoms with Crippen LogP contribution >= 0.6 is 15.9 Å². The van der Waals surface area contributed by atoms with Crippen molar-refractivity contribution in [1.29, 1.82) is 0 Å². The van der Waals surface area contributed by atoms with E-state index in [1.807, 2.05) is 4.90 Å². The standard InChI is InChI=1S/C19H25BrFN3O2/c20-14-6-7-16(15(21)13-14)22-18(25)8-12-23-9-2-1-5-17(23)19(26)24-10-3-4-11-24/h6-7,13,17H,1-5,8-12H2,(H,22,25). The Kier molecular flexibility index (Phi) is 6.64. The third kappa shape index (κ3) is 4.82. The molecule has 5 nitrogen and oxygen atoms in total. The molecule has 0 saturated carbocycles. The highest BCUT2D eigenvalue weighted by atomic mass is 79.9. The van der Waals surface area contributed by atoms with E-state index in [1.54, 1.807) is 6.07 Å². The predicted octanol–water partition coefficient (Wildman–Crippen LogP) is 3.39. The van der Waals surface area contributed by atoms with Gasteiger partial charge in [0.25, 0.3) is 0 Å². The third-order valence-corrected chi connectivity index (χ3v) is 5.64.